The summed E-state index contributed by atoms with van der Waals surface area (Å²) < 4.78 is 0. The smallest absolute Gasteiger partial charge is 0.178 e. The maximum atomic E-state index is 4.47. The van der Waals surface area contributed by atoms with Crippen LogP contribution in [0, 0.1) is 25.7 Å². The van der Waals surface area contributed by atoms with Crippen LogP contribution >= 0.6 is 0 Å². The van der Waals surface area contributed by atoms with Gasteiger partial charge in [-0.15, -0.1) is 0 Å². The lowest BCUT2D eigenvalue weighted by atomic mass is 9.75. The van der Waals surface area contributed by atoms with Gasteiger partial charge in [0.05, 0.1) is 11.6 Å². The van der Waals surface area contributed by atoms with Crippen LogP contribution in [-0.4, -0.2) is 32.9 Å². The predicted molar refractivity (Wildman–Crippen MR) is 127 cm³/mol. The molecule has 1 saturated carbocycles. The number of pyridine rings is 1. The van der Waals surface area contributed by atoms with Crippen LogP contribution in [0.5, 0.6) is 0 Å². The number of fused-ring (bicyclic) bond motifs is 2. The van der Waals surface area contributed by atoms with Crippen molar-refractivity contribution in [1.29, 1.82) is 0 Å². The number of hydrogen-bond donors (Lipinski definition) is 2. The highest BCUT2D eigenvalue weighted by atomic mass is 15.1. The largest absolute Gasteiger partial charge is 0.378 e. The van der Waals surface area contributed by atoms with Crippen LogP contribution in [0.1, 0.15) is 67.6 Å². The first kappa shape index (κ1) is 20.5. The van der Waals surface area contributed by atoms with Crippen molar-refractivity contribution >= 4 is 16.9 Å². The van der Waals surface area contributed by atoms with Gasteiger partial charge >= 0.3 is 0 Å². The number of benzene rings is 1. The highest BCUT2D eigenvalue weighted by Crippen LogP contribution is 2.36. The molecular weight excluding hydrogens is 382 g/mol. The Bertz CT molecular complexity index is 1060. The number of rotatable bonds is 5. The normalized spacial score (nSPS) is 22.9. The Morgan fingerprint density at radius 3 is 2.81 bits per heavy atom. The van der Waals surface area contributed by atoms with Crippen molar-refractivity contribution in [1.82, 2.24) is 19.9 Å². The van der Waals surface area contributed by atoms with E-state index in [9.17, 15) is 0 Å². The van der Waals surface area contributed by atoms with E-state index < -0.39 is 0 Å². The number of nitrogens with zero attached hydrogens (tertiary/aromatic N) is 3. The topological polar surface area (TPSA) is 56.8 Å². The standard InChI is InChI=1S/C26H35N5/c1-17-14-20(15-31-13-11-21-6-4-5-7-22(21)16-31)8-9-24(17)28-18(2)23-10-12-27-26-25(23)29-19(3)30-26/h8-10,12,14,18,21-22,28H,4-7,11,13,15-16H2,1-3H3,(H,27,29,30)/t18?,21?,22-/m0/s1. The van der Waals surface area contributed by atoms with E-state index in [0.717, 1.165) is 35.4 Å². The van der Waals surface area contributed by atoms with Gasteiger partial charge in [0, 0.05) is 30.5 Å². The third-order valence-corrected chi connectivity index (χ3v) is 7.45. The molecule has 164 valence electrons. The van der Waals surface area contributed by atoms with Crippen molar-refractivity contribution in [3.8, 4) is 0 Å². The molecule has 2 aliphatic rings. The van der Waals surface area contributed by atoms with Gasteiger partial charge in [-0.3, -0.25) is 4.90 Å². The monoisotopic (exact) mass is 417 g/mol. The number of imidazole rings is 1. The Balaban J connectivity index is 1.26. The Labute approximate surface area is 185 Å². The molecule has 2 unspecified atom stereocenters. The average Bonchev–Trinajstić information content (AvgIpc) is 3.15. The molecular formula is C26H35N5. The van der Waals surface area contributed by atoms with Gasteiger partial charge in [0.2, 0.25) is 0 Å². The lowest BCUT2D eigenvalue weighted by Gasteiger charge is -2.41. The second-order valence-corrected chi connectivity index (χ2v) is 9.76. The zero-order valence-corrected chi connectivity index (χ0v) is 19.1. The molecule has 0 spiro atoms. The van der Waals surface area contributed by atoms with Gasteiger partial charge in [-0.1, -0.05) is 31.4 Å². The van der Waals surface area contributed by atoms with Gasteiger partial charge in [0.1, 0.15) is 5.82 Å². The summed E-state index contributed by atoms with van der Waals surface area (Å²) in [6.45, 7) is 10.0. The SMILES string of the molecule is Cc1nc2nccc(C(C)Nc3ccc(CN4CCC5CCCC[C@H]5C4)cc3C)c2[nH]1. The fourth-order valence-electron chi connectivity index (χ4n) is 5.78. The third kappa shape index (κ3) is 4.33. The van der Waals surface area contributed by atoms with E-state index in [0.29, 0.717) is 0 Å². The van der Waals surface area contributed by atoms with Gasteiger partial charge in [-0.05, 0) is 75.3 Å². The van der Waals surface area contributed by atoms with Crippen LogP contribution in [0.4, 0.5) is 5.69 Å². The van der Waals surface area contributed by atoms with Crippen LogP contribution < -0.4 is 5.32 Å². The van der Waals surface area contributed by atoms with Crippen LogP contribution in [0.3, 0.4) is 0 Å². The number of anilines is 1. The summed E-state index contributed by atoms with van der Waals surface area (Å²) in [7, 11) is 0. The van der Waals surface area contributed by atoms with Crippen molar-refractivity contribution in [2.45, 2.75) is 65.5 Å². The Morgan fingerprint density at radius 1 is 1.13 bits per heavy atom. The molecule has 5 nitrogen and oxygen atoms in total. The second kappa shape index (κ2) is 8.62. The lowest BCUT2D eigenvalue weighted by molar-refractivity contribution is 0.0820. The predicted octanol–water partition coefficient (Wildman–Crippen LogP) is 5.76. The van der Waals surface area contributed by atoms with E-state index in [-0.39, 0.29) is 6.04 Å². The summed E-state index contributed by atoms with van der Waals surface area (Å²) in [4.78, 5) is 14.9. The molecule has 1 aliphatic heterocycles. The zero-order chi connectivity index (χ0) is 21.4. The van der Waals surface area contributed by atoms with Gasteiger partial charge in [0.25, 0.3) is 0 Å². The Kier molecular flexibility index (Phi) is 5.70. The fourth-order valence-corrected chi connectivity index (χ4v) is 5.78. The summed E-state index contributed by atoms with van der Waals surface area (Å²) >= 11 is 0. The van der Waals surface area contributed by atoms with Crippen molar-refractivity contribution in [2.24, 2.45) is 11.8 Å². The van der Waals surface area contributed by atoms with E-state index in [1.54, 1.807) is 0 Å². The molecule has 31 heavy (non-hydrogen) atoms. The summed E-state index contributed by atoms with van der Waals surface area (Å²) in [5.74, 6) is 2.84. The number of hydrogen-bond acceptors (Lipinski definition) is 4. The van der Waals surface area contributed by atoms with Gasteiger partial charge in [-0.2, -0.15) is 0 Å². The maximum absolute atomic E-state index is 4.47. The van der Waals surface area contributed by atoms with Gasteiger partial charge in [0.15, 0.2) is 5.65 Å². The number of aryl methyl sites for hydroxylation is 2. The lowest BCUT2D eigenvalue weighted by Crippen LogP contribution is -2.41. The molecule has 5 heteroatoms. The Hall–Kier alpha value is -2.40. The highest BCUT2D eigenvalue weighted by Gasteiger charge is 2.30. The van der Waals surface area contributed by atoms with Crippen LogP contribution in [-0.2, 0) is 6.54 Å². The first-order chi connectivity index (χ1) is 15.1. The van der Waals surface area contributed by atoms with Crippen LogP contribution in [0.25, 0.3) is 11.2 Å². The van der Waals surface area contributed by atoms with E-state index in [1.807, 2.05) is 13.1 Å². The maximum Gasteiger partial charge on any atom is 0.178 e. The zero-order valence-electron chi connectivity index (χ0n) is 19.1. The molecule has 3 atom stereocenters. The third-order valence-electron chi connectivity index (χ3n) is 7.45. The molecule has 5 rings (SSSR count). The molecule has 0 radical (unpaired) electrons. The second-order valence-electron chi connectivity index (χ2n) is 9.76. The molecule has 0 amide bonds. The van der Waals surface area contributed by atoms with Crippen molar-refractivity contribution in [2.75, 3.05) is 18.4 Å². The van der Waals surface area contributed by atoms with Crippen LogP contribution in [0.2, 0.25) is 0 Å². The summed E-state index contributed by atoms with van der Waals surface area (Å²) in [5, 5.41) is 3.71. The number of aromatic amines is 1. The average molecular weight is 418 g/mol. The number of H-pyrrole nitrogens is 1. The van der Waals surface area contributed by atoms with Crippen molar-refractivity contribution in [3.63, 3.8) is 0 Å². The van der Waals surface area contributed by atoms with Crippen molar-refractivity contribution in [3.05, 3.63) is 53.0 Å². The van der Waals surface area contributed by atoms with Crippen molar-refractivity contribution < 1.29 is 0 Å². The quantitative estimate of drug-likeness (QED) is 0.554. The van der Waals surface area contributed by atoms with E-state index in [1.165, 1.54) is 67.6 Å². The highest BCUT2D eigenvalue weighted by molar-refractivity contribution is 5.75. The molecule has 1 aromatic carbocycles. The number of aromatic nitrogens is 3. The number of nitrogens with one attached hydrogen (secondary N) is 2. The number of piperidine rings is 1. The Morgan fingerprint density at radius 2 is 1.97 bits per heavy atom. The first-order valence-corrected chi connectivity index (χ1v) is 12.0. The molecule has 1 saturated heterocycles. The molecule has 1 aliphatic carbocycles. The first-order valence-electron chi connectivity index (χ1n) is 12.0. The van der Waals surface area contributed by atoms with E-state index in [4.69, 9.17) is 0 Å². The van der Waals surface area contributed by atoms with Crippen LogP contribution in [0.15, 0.2) is 30.5 Å². The van der Waals surface area contributed by atoms with E-state index in [2.05, 4.69) is 63.3 Å². The molecule has 2 N–H and O–H groups in total. The summed E-state index contributed by atoms with van der Waals surface area (Å²) in [6, 6.07) is 9.17. The number of likely N-dealkylation sites (tertiary alicyclic amines) is 1. The molecule has 3 aromatic rings. The van der Waals surface area contributed by atoms with Gasteiger partial charge < -0.3 is 10.3 Å². The minimum atomic E-state index is 0.167. The molecule has 2 aromatic heterocycles. The summed E-state index contributed by atoms with van der Waals surface area (Å²) in [6.07, 6.45) is 9.06. The molecule has 2 fully saturated rings. The molecule has 0 bridgehead atoms. The fraction of sp³-hybridized carbons (Fsp3) is 0.538. The minimum absolute atomic E-state index is 0.167. The van der Waals surface area contributed by atoms with E-state index >= 15 is 0 Å². The summed E-state index contributed by atoms with van der Waals surface area (Å²) in [5.41, 5.74) is 6.95. The molecule has 3 heterocycles. The minimum Gasteiger partial charge on any atom is -0.378 e. The van der Waals surface area contributed by atoms with Gasteiger partial charge in [-0.25, -0.2) is 9.97 Å².